The van der Waals surface area contributed by atoms with Gasteiger partial charge < -0.3 is 14.2 Å². The van der Waals surface area contributed by atoms with Gasteiger partial charge in [0.1, 0.15) is 17.1 Å². The van der Waals surface area contributed by atoms with E-state index in [1.807, 2.05) is 37.4 Å². The highest BCUT2D eigenvalue weighted by Gasteiger charge is 2.44. The summed E-state index contributed by atoms with van der Waals surface area (Å²) in [6.07, 6.45) is 9.33. The number of nitrogens with zero attached hydrogens (tertiary/aromatic N) is 4. The first-order valence-corrected chi connectivity index (χ1v) is 12.3. The van der Waals surface area contributed by atoms with Gasteiger partial charge in [0.2, 0.25) is 5.91 Å². The third kappa shape index (κ3) is 4.11. The first-order chi connectivity index (χ1) is 16.1. The quantitative estimate of drug-likeness (QED) is 0.560. The number of amides is 1. The summed E-state index contributed by atoms with van der Waals surface area (Å²) in [5.74, 6) is 2.57. The van der Waals surface area contributed by atoms with Gasteiger partial charge in [-0.3, -0.25) is 4.79 Å². The van der Waals surface area contributed by atoms with Gasteiger partial charge in [-0.25, -0.2) is 9.97 Å². The van der Waals surface area contributed by atoms with E-state index < -0.39 is 5.41 Å². The van der Waals surface area contributed by atoms with Gasteiger partial charge in [-0.1, -0.05) is 31.4 Å². The van der Waals surface area contributed by atoms with Crippen LogP contribution in [0.5, 0.6) is 5.75 Å². The third-order valence-corrected chi connectivity index (χ3v) is 7.70. The maximum atomic E-state index is 14.1. The average Bonchev–Trinajstić information content (AvgIpc) is 3.19. The second-order valence-electron chi connectivity index (χ2n) is 9.75. The predicted molar refractivity (Wildman–Crippen MR) is 129 cm³/mol. The maximum absolute atomic E-state index is 14.1. The summed E-state index contributed by atoms with van der Waals surface area (Å²) in [5, 5.41) is 0. The zero-order valence-corrected chi connectivity index (χ0v) is 19.8. The number of methoxy groups -OCH3 is 1. The monoisotopic (exact) mass is 446 g/mol. The normalized spacial score (nSPS) is 20.7. The van der Waals surface area contributed by atoms with Gasteiger partial charge in [0.15, 0.2) is 5.65 Å². The van der Waals surface area contributed by atoms with Crippen molar-refractivity contribution in [3.8, 4) is 5.75 Å². The minimum absolute atomic E-state index is 0.322. The Morgan fingerprint density at radius 1 is 1.12 bits per heavy atom. The van der Waals surface area contributed by atoms with Crippen LogP contribution in [0.1, 0.15) is 56.3 Å². The molecule has 3 heterocycles. The van der Waals surface area contributed by atoms with Crippen LogP contribution in [0.25, 0.3) is 11.2 Å². The summed E-state index contributed by atoms with van der Waals surface area (Å²) in [6, 6.07) is 12.2. The number of fused-ring (bicyclic) bond motifs is 1. The number of rotatable bonds is 5. The number of aromatic nitrogens is 3. The fraction of sp³-hybridized carbons (Fsp3) is 0.519. The summed E-state index contributed by atoms with van der Waals surface area (Å²) in [4.78, 5) is 25.5. The Morgan fingerprint density at radius 2 is 1.91 bits per heavy atom. The number of hydrogen-bond donors (Lipinski definition) is 0. The molecule has 2 aliphatic rings. The molecule has 2 aromatic heterocycles. The smallest absolute Gasteiger partial charge is 0.233 e. The van der Waals surface area contributed by atoms with E-state index in [4.69, 9.17) is 4.74 Å². The van der Waals surface area contributed by atoms with Crippen molar-refractivity contribution in [2.24, 2.45) is 5.92 Å². The number of benzene rings is 1. The number of carbonyl (C=O) groups is 1. The highest BCUT2D eigenvalue weighted by atomic mass is 16.5. The highest BCUT2D eigenvalue weighted by molar-refractivity contribution is 5.88. The van der Waals surface area contributed by atoms with E-state index >= 15 is 0 Å². The lowest BCUT2D eigenvalue weighted by Gasteiger charge is -2.43. The molecule has 0 spiro atoms. The molecule has 1 saturated heterocycles. The molecule has 1 aliphatic carbocycles. The molecule has 1 amide bonds. The Bertz CT molecular complexity index is 1110. The molecule has 1 unspecified atom stereocenters. The molecule has 6 heteroatoms. The predicted octanol–water partition coefficient (Wildman–Crippen LogP) is 4.89. The molecule has 5 rings (SSSR count). The SMILES string of the molecule is COc1ccc(C2(C(=O)N3CCCC(Cn4c(C)nc5cccnc54)C3)CCCCC2)cc1. The van der Waals surface area contributed by atoms with Crippen molar-refractivity contribution in [3.63, 3.8) is 0 Å². The summed E-state index contributed by atoms with van der Waals surface area (Å²) in [5.41, 5.74) is 2.64. The number of hydrogen-bond acceptors (Lipinski definition) is 4. The van der Waals surface area contributed by atoms with Crippen LogP contribution < -0.4 is 4.74 Å². The van der Waals surface area contributed by atoms with E-state index in [2.05, 4.69) is 31.6 Å². The van der Waals surface area contributed by atoms with E-state index in [1.165, 1.54) is 6.42 Å². The number of aryl methyl sites for hydroxylation is 1. The minimum atomic E-state index is -0.397. The lowest BCUT2D eigenvalue weighted by atomic mass is 9.68. The molecule has 174 valence electrons. The van der Waals surface area contributed by atoms with Gasteiger partial charge in [0.25, 0.3) is 0 Å². The Hall–Kier alpha value is -2.89. The van der Waals surface area contributed by atoms with Crippen molar-refractivity contribution < 1.29 is 9.53 Å². The number of pyridine rings is 1. The standard InChI is InChI=1S/C27H34N4O2/c1-20-29-24-9-6-16-28-25(24)31(20)19-21-8-7-17-30(18-21)26(32)27(14-4-3-5-15-27)22-10-12-23(33-2)13-11-22/h6,9-13,16,21H,3-5,7-8,14-15,17-19H2,1-2H3. The maximum Gasteiger partial charge on any atom is 0.233 e. The van der Waals surface area contributed by atoms with E-state index in [0.717, 1.165) is 86.5 Å². The topological polar surface area (TPSA) is 60.2 Å². The average molecular weight is 447 g/mol. The second kappa shape index (κ2) is 9.16. The Balaban J connectivity index is 1.38. The summed E-state index contributed by atoms with van der Waals surface area (Å²) in [6.45, 7) is 4.57. The third-order valence-electron chi connectivity index (χ3n) is 7.70. The molecular formula is C27H34N4O2. The fourth-order valence-corrected chi connectivity index (χ4v) is 5.94. The zero-order valence-electron chi connectivity index (χ0n) is 19.8. The molecule has 3 aromatic rings. The van der Waals surface area contributed by atoms with Crippen LogP contribution in [-0.2, 0) is 16.8 Å². The van der Waals surface area contributed by atoms with E-state index in [9.17, 15) is 4.79 Å². The molecule has 0 N–H and O–H groups in total. The zero-order chi connectivity index (χ0) is 22.8. The van der Waals surface area contributed by atoms with E-state index in [0.29, 0.717) is 11.8 Å². The first-order valence-electron chi connectivity index (χ1n) is 12.3. The van der Waals surface area contributed by atoms with Gasteiger partial charge in [0.05, 0.1) is 12.5 Å². The molecule has 1 aliphatic heterocycles. The van der Waals surface area contributed by atoms with Crippen molar-refractivity contribution in [2.45, 2.75) is 63.8 Å². The molecule has 6 nitrogen and oxygen atoms in total. The molecule has 1 saturated carbocycles. The summed E-state index contributed by atoms with van der Waals surface area (Å²) in [7, 11) is 1.69. The van der Waals surface area contributed by atoms with Gasteiger partial charge in [-0.15, -0.1) is 0 Å². The van der Waals surface area contributed by atoms with Gasteiger partial charge in [-0.05, 0) is 68.4 Å². The lowest BCUT2D eigenvalue weighted by molar-refractivity contribution is -0.141. The number of carbonyl (C=O) groups excluding carboxylic acids is 1. The van der Waals surface area contributed by atoms with E-state index in [-0.39, 0.29) is 0 Å². The highest BCUT2D eigenvalue weighted by Crippen LogP contribution is 2.42. The number of ether oxygens (including phenoxy) is 1. The Morgan fingerprint density at radius 3 is 2.67 bits per heavy atom. The largest absolute Gasteiger partial charge is 0.497 e. The molecule has 1 atom stereocenters. The van der Waals surface area contributed by atoms with Crippen LogP contribution in [0.4, 0.5) is 0 Å². The summed E-state index contributed by atoms with van der Waals surface area (Å²) < 4.78 is 7.59. The van der Waals surface area contributed by atoms with Crippen LogP contribution in [-0.4, -0.2) is 45.5 Å². The van der Waals surface area contributed by atoms with Gasteiger partial charge >= 0.3 is 0 Å². The second-order valence-corrected chi connectivity index (χ2v) is 9.75. The van der Waals surface area contributed by atoms with Crippen molar-refractivity contribution in [3.05, 3.63) is 54.0 Å². The summed E-state index contributed by atoms with van der Waals surface area (Å²) >= 11 is 0. The minimum Gasteiger partial charge on any atom is -0.497 e. The van der Waals surface area contributed by atoms with Crippen molar-refractivity contribution in [1.29, 1.82) is 0 Å². The van der Waals surface area contributed by atoms with Crippen molar-refractivity contribution in [1.82, 2.24) is 19.4 Å². The fourth-order valence-electron chi connectivity index (χ4n) is 5.94. The van der Waals surface area contributed by atoms with Crippen LogP contribution in [0, 0.1) is 12.8 Å². The van der Waals surface area contributed by atoms with Crippen LogP contribution in [0.15, 0.2) is 42.6 Å². The molecule has 0 radical (unpaired) electrons. The molecule has 1 aromatic carbocycles. The van der Waals surface area contributed by atoms with Crippen LogP contribution in [0.3, 0.4) is 0 Å². The molecule has 2 fully saturated rings. The molecule has 33 heavy (non-hydrogen) atoms. The lowest BCUT2D eigenvalue weighted by Crippen LogP contribution is -2.51. The van der Waals surface area contributed by atoms with Crippen LogP contribution in [0.2, 0.25) is 0 Å². The number of likely N-dealkylation sites (tertiary alicyclic amines) is 1. The molecule has 0 bridgehead atoms. The molecular weight excluding hydrogens is 412 g/mol. The first kappa shape index (κ1) is 21.9. The van der Waals surface area contributed by atoms with E-state index in [1.54, 1.807) is 7.11 Å². The van der Waals surface area contributed by atoms with Crippen molar-refractivity contribution >= 4 is 17.1 Å². The number of piperidine rings is 1. The Kier molecular flexibility index (Phi) is 6.09. The van der Waals surface area contributed by atoms with Gasteiger partial charge in [-0.2, -0.15) is 0 Å². The van der Waals surface area contributed by atoms with Crippen LogP contribution >= 0.6 is 0 Å². The van der Waals surface area contributed by atoms with Gasteiger partial charge in [0, 0.05) is 25.8 Å². The Labute approximate surface area is 196 Å². The van der Waals surface area contributed by atoms with Crippen molar-refractivity contribution in [2.75, 3.05) is 20.2 Å². The number of imidazole rings is 1.